The summed E-state index contributed by atoms with van der Waals surface area (Å²) < 4.78 is 7.69. The van der Waals surface area contributed by atoms with E-state index in [0.29, 0.717) is 18.3 Å². The molecule has 0 N–H and O–H groups in total. The molecule has 27 heavy (non-hydrogen) atoms. The van der Waals surface area contributed by atoms with Crippen LogP contribution in [-0.2, 0) is 26.4 Å². The molecule has 0 fully saturated rings. The number of hydrogen-bond acceptors (Lipinski definition) is 7. The molecular formula is C19H19N7O. The Labute approximate surface area is 155 Å². The van der Waals surface area contributed by atoms with E-state index >= 15 is 0 Å². The highest BCUT2D eigenvalue weighted by Crippen LogP contribution is 2.37. The van der Waals surface area contributed by atoms with Crippen LogP contribution in [0.5, 0.6) is 0 Å². The Hall–Kier alpha value is -3.29. The lowest BCUT2D eigenvalue weighted by atomic mass is 9.93. The van der Waals surface area contributed by atoms with Crippen LogP contribution in [0, 0.1) is 0 Å². The lowest BCUT2D eigenvalue weighted by Crippen LogP contribution is -2.35. The molecule has 0 amide bonds. The first-order valence-corrected chi connectivity index (χ1v) is 9.03. The smallest absolute Gasteiger partial charge is 0.239 e. The molecule has 3 aromatic heterocycles. The van der Waals surface area contributed by atoms with Crippen molar-refractivity contribution >= 4 is 16.9 Å². The predicted octanol–water partition coefficient (Wildman–Crippen LogP) is 2.61. The predicted molar refractivity (Wildman–Crippen MR) is 99.1 cm³/mol. The third-order valence-electron chi connectivity index (χ3n) is 5.10. The van der Waals surface area contributed by atoms with Gasteiger partial charge < -0.3 is 9.32 Å². The quantitative estimate of drug-likeness (QED) is 0.554. The minimum absolute atomic E-state index is 0.0778. The average molecular weight is 361 g/mol. The van der Waals surface area contributed by atoms with Crippen molar-refractivity contribution < 1.29 is 4.42 Å². The van der Waals surface area contributed by atoms with E-state index in [0.717, 1.165) is 29.7 Å². The number of fused-ring (bicyclic) bond motifs is 2. The number of rotatable bonds is 3. The van der Waals surface area contributed by atoms with E-state index in [-0.39, 0.29) is 6.04 Å². The van der Waals surface area contributed by atoms with Crippen LogP contribution in [-0.4, -0.2) is 29.9 Å². The molecule has 1 atom stereocenters. The van der Waals surface area contributed by atoms with Crippen molar-refractivity contribution in [1.29, 1.82) is 0 Å². The summed E-state index contributed by atoms with van der Waals surface area (Å²) >= 11 is 0. The van der Waals surface area contributed by atoms with Crippen molar-refractivity contribution in [2.75, 3.05) is 4.90 Å². The molecule has 0 saturated heterocycles. The maximum Gasteiger partial charge on any atom is 0.239 e. The highest BCUT2D eigenvalue weighted by molar-refractivity contribution is 5.87. The van der Waals surface area contributed by atoms with Crippen molar-refractivity contribution in [2.45, 2.75) is 32.4 Å². The van der Waals surface area contributed by atoms with Crippen molar-refractivity contribution in [3.05, 3.63) is 59.7 Å². The minimum atomic E-state index is -0.0778. The largest absolute Gasteiger partial charge is 0.423 e. The van der Waals surface area contributed by atoms with E-state index < -0.39 is 0 Å². The van der Waals surface area contributed by atoms with Gasteiger partial charge in [0.2, 0.25) is 11.8 Å². The fourth-order valence-corrected chi connectivity index (χ4v) is 3.69. The molecule has 1 aliphatic heterocycles. The Kier molecular flexibility index (Phi) is 3.63. The standard InChI is InChI=1S/C19H19N7O/c1-3-16-23-24-19(27-16)15-8-12-6-4-5-7-13(12)10-26(15)18-14-9-22-25(2)17(14)20-11-21-18/h4-7,9,11,15H,3,8,10H2,1-2H3. The maximum atomic E-state index is 5.93. The van der Waals surface area contributed by atoms with Crippen LogP contribution >= 0.6 is 0 Å². The molecule has 8 nitrogen and oxygen atoms in total. The van der Waals surface area contributed by atoms with Crippen LogP contribution in [0.4, 0.5) is 5.82 Å². The summed E-state index contributed by atoms with van der Waals surface area (Å²) in [7, 11) is 1.88. The van der Waals surface area contributed by atoms with Gasteiger partial charge in [0.1, 0.15) is 18.2 Å². The van der Waals surface area contributed by atoms with Gasteiger partial charge in [-0.25, -0.2) is 9.97 Å². The van der Waals surface area contributed by atoms with Crippen LogP contribution in [0.25, 0.3) is 11.0 Å². The van der Waals surface area contributed by atoms with E-state index in [2.05, 4.69) is 54.4 Å². The van der Waals surface area contributed by atoms with Gasteiger partial charge in [-0.15, -0.1) is 10.2 Å². The number of aromatic nitrogens is 6. The molecule has 1 aromatic carbocycles. The van der Waals surface area contributed by atoms with Crippen LogP contribution in [0.3, 0.4) is 0 Å². The molecule has 8 heteroatoms. The van der Waals surface area contributed by atoms with Gasteiger partial charge >= 0.3 is 0 Å². The summed E-state index contributed by atoms with van der Waals surface area (Å²) in [5, 5.41) is 13.8. The van der Waals surface area contributed by atoms with E-state index in [1.165, 1.54) is 11.1 Å². The molecule has 1 aliphatic rings. The van der Waals surface area contributed by atoms with Gasteiger partial charge in [0, 0.05) is 26.4 Å². The van der Waals surface area contributed by atoms with Gasteiger partial charge in [0.05, 0.1) is 11.6 Å². The van der Waals surface area contributed by atoms with E-state index in [4.69, 9.17) is 4.42 Å². The first-order chi connectivity index (χ1) is 13.2. The SMILES string of the molecule is CCc1nnc(C2Cc3ccccc3CN2c2ncnc3c2cnn3C)o1. The zero-order valence-electron chi connectivity index (χ0n) is 15.2. The van der Waals surface area contributed by atoms with E-state index in [9.17, 15) is 0 Å². The number of nitrogens with zero attached hydrogens (tertiary/aromatic N) is 7. The molecule has 0 saturated carbocycles. The Morgan fingerprint density at radius 2 is 2.00 bits per heavy atom. The van der Waals surface area contributed by atoms with Crippen LogP contribution in [0.15, 0.2) is 41.2 Å². The first-order valence-electron chi connectivity index (χ1n) is 9.03. The van der Waals surface area contributed by atoms with Gasteiger partial charge in [0.25, 0.3) is 0 Å². The molecule has 0 bridgehead atoms. The van der Waals surface area contributed by atoms with Crippen LogP contribution in [0.1, 0.15) is 35.9 Å². The highest BCUT2D eigenvalue weighted by Gasteiger charge is 2.33. The van der Waals surface area contributed by atoms with Gasteiger partial charge in [-0.3, -0.25) is 4.68 Å². The fraction of sp³-hybridized carbons (Fsp3) is 0.316. The van der Waals surface area contributed by atoms with Crippen molar-refractivity contribution in [3.8, 4) is 0 Å². The summed E-state index contributed by atoms with van der Waals surface area (Å²) in [5.41, 5.74) is 3.38. The average Bonchev–Trinajstić information content (AvgIpc) is 3.34. The summed E-state index contributed by atoms with van der Waals surface area (Å²) in [5.74, 6) is 2.11. The first kappa shape index (κ1) is 15.9. The molecule has 0 spiro atoms. The molecule has 4 aromatic rings. The number of benzene rings is 1. The number of aryl methyl sites for hydroxylation is 2. The molecule has 0 aliphatic carbocycles. The topological polar surface area (TPSA) is 85.8 Å². The molecular weight excluding hydrogens is 342 g/mol. The van der Waals surface area contributed by atoms with Gasteiger partial charge in [-0.05, 0) is 11.1 Å². The maximum absolute atomic E-state index is 5.93. The van der Waals surface area contributed by atoms with Crippen LogP contribution in [0.2, 0.25) is 0 Å². The van der Waals surface area contributed by atoms with Crippen LogP contribution < -0.4 is 4.90 Å². The third-order valence-corrected chi connectivity index (χ3v) is 5.10. The molecule has 5 rings (SSSR count). The Morgan fingerprint density at radius 3 is 2.81 bits per heavy atom. The highest BCUT2D eigenvalue weighted by atomic mass is 16.4. The minimum Gasteiger partial charge on any atom is -0.423 e. The summed E-state index contributed by atoms with van der Waals surface area (Å²) in [4.78, 5) is 11.2. The second-order valence-corrected chi connectivity index (χ2v) is 6.71. The summed E-state index contributed by atoms with van der Waals surface area (Å²) in [6.45, 7) is 2.72. The second kappa shape index (κ2) is 6.15. The molecule has 136 valence electrons. The van der Waals surface area contributed by atoms with Gasteiger partial charge in [-0.2, -0.15) is 5.10 Å². The zero-order valence-corrected chi connectivity index (χ0v) is 15.2. The molecule has 4 heterocycles. The summed E-state index contributed by atoms with van der Waals surface area (Å²) in [6, 6.07) is 8.38. The lowest BCUT2D eigenvalue weighted by Gasteiger charge is -2.36. The molecule has 0 radical (unpaired) electrons. The van der Waals surface area contributed by atoms with E-state index in [1.807, 2.05) is 20.2 Å². The normalized spacial score (nSPS) is 16.7. The van der Waals surface area contributed by atoms with Crippen molar-refractivity contribution in [1.82, 2.24) is 29.9 Å². The summed E-state index contributed by atoms with van der Waals surface area (Å²) in [6.07, 6.45) is 4.90. The number of hydrogen-bond donors (Lipinski definition) is 0. The Morgan fingerprint density at radius 1 is 1.15 bits per heavy atom. The van der Waals surface area contributed by atoms with Crippen molar-refractivity contribution in [2.24, 2.45) is 7.05 Å². The van der Waals surface area contributed by atoms with Gasteiger partial charge in [0.15, 0.2) is 5.65 Å². The Balaban J connectivity index is 1.66. The van der Waals surface area contributed by atoms with E-state index in [1.54, 1.807) is 11.0 Å². The monoisotopic (exact) mass is 361 g/mol. The lowest BCUT2D eigenvalue weighted by molar-refractivity contribution is 0.396. The number of anilines is 1. The fourth-order valence-electron chi connectivity index (χ4n) is 3.69. The molecule has 1 unspecified atom stereocenters. The van der Waals surface area contributed by atoms with Gasteiger partial charge in [-0.1, -0.05) is 31.2 Å². The Bertz CT molecular complexity index is 1120. The third kappa shape index (κ3) is 2.56. The second-order valence-electron chi connectivity index (χ2n) is 6.71. The zero-order chi connectivity index (χ0) is 18.4. The van der Waals surface area contributed by atoms with Crippen molar-refractivity contribution in [3.63, 3.8) is 0 Å².